The maximum absolute atomic E-state index is 12.6. The zero-order valence-electron chi connectivity index (χ0n) is 18.0. The van der Waals surface area contributed by atoms with Gasteiger partial charge in [0.2, 0.25) is 0 Å². The van der Waals surface area contributed by atoms with Crippen LogP contribution in [0.15, 0.2) is 34.9 Å². The molecular formula is C23H26N6O2. The number of nitrogens with one attached hydrogen (secondary N) is 2. The Balaban J connectivity index is 1.36. The first kappa shape index (κ1) is 19.5. The Labute approximate surface area is 180 Å². The first-order chi connectivity index (χ1) is 15.0. The van der Waals surface area contributed by atoms with Crippen LogP contribution in [0.2, 0.25) is 0 Å². The van der Waals surface area contributed by atoms with Crippen molar-refractivity contribution in [2.45, 2.75) is 33.1 Å². The monoisotopic (exact) mass is 418 g/mol. The second-order valence-electron chi connectivity index (χ2n) is 8.66. The van der Waals surface area contributed by atoms with E-state index in [1.165, 1.54) is 19.3 Å². The van der Waals surface area contributed by atoms with Gasteiger partial charge in [-0.3, -0.25) is 9.48 Å². The Kier molecular flexibility index (Phi) is 4.84. The highest BCUT2D eigenvalue weighted by Crippen LogP contribution is 2.30. The van der Waals surface area contributed by atoms with Crippen LogP contribution in [0.3, 0.4) is 0 Å². The quantitative estimate of drug-likeness (QED) is 0.508. The number of carbonyl (C=O) groups is 1. The van der Waals surface area contributed by atoms with Crippen LogP contribution in [0.5, 0.6) is 0 Å². The molecule has 1 amide bonds. The lowest BCUT2D eigenvalue weighted by Crippen LogP contribution is -2.28. The van der Waals surface area contributed by atoms with Gasteiger partial charge in [0.25, 0.3) is 11.8 Å². The van der Waals surface area contributed by atoms with Gasteiger partial charge in [0.05, 0.1) is 5.69 Å². The van der Waals surface area contributed by atoms with Gasteiger partial charge in [0, 0.05) is 30.1 Å². The molecule has 3 aromatic heterocycles. The molecule has 0 radical (unpaired) electrons. The van der Waals surface area contributed by atoms with E-state index in [1.807, 2.05) is 31.3 Å². The summed E-state index contributed by atoms with van der Waals surface area (Å²) in [5.41, 5.74) is 4.07. The number of amides is 1. The molecule has 0 bridgehead atoms. The van der Waals surface area contributed by atoms with Crippen molar-refractivity contribution in [2.75, 3.05) is 6.54 Å². The van der Waals surface area contributed by atoms with E-state index in [-0.39, 0.29) is 5.91 Å². The van der Waals surface area contributed by atoms with E-state index in [0.29, 0.717) is 23.3 Å². The number of carbonyl (C=O) groups excluding carboxylic acids is 1. The summed E-state index contributed by atoms with van der Waals surface area (Å²) in [6.07, 6.45) is 3.63. The fraction of sp³-hybridized carbons (Fsp3) is 0.391. The van der Waals surface area contributed by atoms with E-state index in [1.54, 1.807) is 11.6 Å². The number of benzene rings is 1. The molecular weight excluding hydrogens is 392 g/mol. The standard InChI is InChI=1S/C23H26N6O2/c1-13-4-5-15(8-13)12-24-22(30)19-11-21(29(3)27-19)16-6-7-18-17(9-16)10-20(26-18)23-25-14(2)28-31-23/h6-7,9-11,13,15,26H,4-5,8,12H2,1-3H3,(H,24,30). The molecule has 1 aliphatic rings. The lowest BCUT2D eigenvalue weighted by Gasteiger charge is -2.09. The van der Waals surface area contributed by atoms with Crippen molar-refractivity contribution in [3.05, 3.63) is 41.9 Å². The number of H-pyrrole nitrogens is 1. The zero-order chi connectivity index (χ0) is 21.5. The van der Waals surface area contributed by atoms with Crippen molar-refractivity contribution in [1.82, 2.24) is 30.2 Å². The molecule has 0 spiro atoms. The Morgan fingerprint density at radius 3 is 2.90 bits per heavy atom. The zero-order valence-corrected chi connectivity index (χ0v) is 18.0. The van der Waals surface area contributed by atoms with Gasteiger partial charge >= 0.3 is 0 Å². The fourth-order valence-electron chi connectivity index (χ4n) is 4.50. The van der Waals surface area contributed by atoms with E-state index < -0.39 is 0 Å². The minimum atomic E-state index is -0.113. The third kappa shape index (κ3) is 3.85. The smallest absolute Gasteiger partial charge is 0.274 e. The summed E-state index contributed by atoms with van der Waals surface area (Å²) in [5.74, 6) is 2.29. The number of rotatable bonds is 5. The van der Waals surface area contributed by atoms with E-state index in [2.05, 4.69) is 38.5 Å². The Morgan fingerprint density at radius 2 is 2.16 bits per heavy atom. The molecule has 2 unspecified atom stereocenters. The normalized spacial score (nSPS) is 18.7. The highest BCUT2D eigenvalue weighted by Gasteiger charge is 2.22. The molecule has 1 aromatic carbocycles. The van der Waals surface area contributed by atoms with Crippen molar-refractivity contribution >= 4 is 16.8 Å². The first-order valence-electron chi connectivity index (χ1n) is 10.7. The van der Waals surface area contributed by atoms with E-state index in [0.717, 1.165) is 40.3 Å². The lowest BCUT2D eigenvalue weighted by atomic mass is 10.1. The summed E-state index contributed by atoms with van der Waals surface area (Å²) in [6, 6.07) is 9.92. The molecule has 3 heterocycles. The maximum Gasteiger partial charge on any atom is 0.274 e. The first-order valence-corrected chi connectivity index (χ1v) is 10.7. The van der Waals surface area contributed by atoms with Gasteiger partial charge in [0.1, 0.15) is 5.69 Å². The van der Waals surface area contributed by atoms with Crippen molar-refractivity contribution in [2.24, 2.45) is 18.9 Å². The number of hydrogen-bond acceptors (Lipinski definition) is 5. The van der Waals surface area contributed by atoms with Crippen LogP contribution in [-0.4, -0.2) is 37.4 Å². The molecule has 0 aliphatic heterocycles. The molecule has 0 saturated heterocycles. The van der Waals surface area contributed by atoms with Gasteiger partial charge in [-0.25, -0.2) is 0 Å². The van der Waals surface area contributed by atoms with Crippen molar-refractivity contribution in [3.63, 3.8) is 0 Å². The second kappa shape index (κ2) is 7.68. The van der Waals surface area contributed by atoms with Gasteiger partial charge in [-0.2, -0.15) is 10.1 Å². The van der Waals surface area contributed by atoms with Crippen LogP contribution in [-0.2, 0) is 7.05 Å². The lowest BCUT2D eigenvalue weighted by molar-refractivity contribution is 0.0941. The molecule has 31 heavy (non-hydrogen) atoms. The Hall–Kier alpha value is -3.42. The molecule has 1 fully saturated rings. The largest absolute Gasteiger partial charge is 0.351 e. The molecule has 4 aromatic rings. The van der Waals surface area contributed by atoms with Crippen LogP contribution < -0.4 is 5.32 Å². The second-order valence-corrected chi connectivity index (χ2v) is 8.66. The predicted octanol–water partition coefficient (Wildman–Crippen LogP) is 4.09. The highest BCUT2D eigenvalue weighted by atomic mass is 16.5. The van der Waals surface area contributed by atoms with Crippen LogP contribution in [0.1, 0.15) is 42.5 Å². The van der Waals surface area contributed by atoms with E-state index in [9.17, 15) is 4.79 Å². The van der Waals surface area contributed by atoms with Gasteiger partial charge in [0.15, 0.2) is 11.5 Å². The average molecular weight is 419 g/mol. The molecule has 2 N–H and O–H groups in total. The highest BCUT2D eigenvalue weighted by molar-refractivity contribution is 5.94. The van der Waals surface area contributed by atoms with Crippen LogP contribution in [0.4, 0.5) is 0 Å². The van der Waals surface area contributed by atoms with Crippen molar-refractivity contribution < 1.29 is 9.32 Å². The summed E-state index contributed by atoms with van der Waals surface area (Å²) < 4.78 is 7.01. The third-order valence-electron chi connectivity index (χ3n) is 6.14. The topological polar surface area (TPSA) is 102 Å². The molecule has 8 nitrogen and oxygen atoms in total. The van der Waals surface area contributed by atoms with E-state index in [4.69, 9.17) is 4.52 Å². The third-order valence-corrected chi connectivity index (χ3v) is 6.14. The number of fused-ring (bicyclic) bond motifs is 1. The average Bonchev–Trinajstić information content (AvgIpc) is 3.52. The van der Waals surface area contributed by atoms with Crippen LogP contribution in [0.25, 0.3) is 33.7 Å². The molecule has 5 rings (SSSR count). The molecule has 160 valence electrons. The fourth-order valence-corrected chi connectivity index (χ4v) is 4.50. The van der Waals surface area contributed by atoms with E-state index >= 15 is 0 Å². The van der Waals surface area contributed by atoms with Crippen LogP contribution >= 0.6 is 0 Å². The summed E-state index contributed by atoms with van der Waals surface area (Å²) >= 11 is 0. The number of hydrogen-bond donors (Lipinski definition) is 2. The molecule has 1 aliphatic carbocycles. The van der Waals surface area contributed by atoms with Gasteiger partial charge in [-0.05, 0) is 55.9 Å². The van der Waals surface area contributed by atoms with Crippen molar-refractivity contribution in [1.29, 1.82) is 0 Å². The Morgan fingerprint density at radius 1 is 1.29 bits per heavy atom. The number of aryl methyl sites for hydroxylation is 2. The number of aromatic nitrogens is 5. The summed E-state index contributed by atoms with van der Waals surface area (Å²) in [5, 5.41) is 12.4. The Bertz CT molecular complexity index is 1250. The maximum atomic E-state index is 12.6. The SMILES string of the molecule is Cc1noc(-c2cc3cc(-c4cc(C(=O)NCC5CCC(C)C5)nn4C)ccc3[nH]2)n1. The summed E-state index contributed by atoms with van der Waals surface area (Å²) in [7, 11) is 1.86. The van der Waals surface area contributed by atoms with Gasteiger partial charge in [-0.15, -0.1) is 0 Å². The molecule has 1 saturated carbocycles. The van der Waals surface area contributed by atoms with Gasteiger partial charge in [-0.1, -0.05) is 24.6 Å². The minimum Gasteiger partial charge on any atom is -0.351 e. The van der Waals surface area contributed by atoms with Gasteiger partial charge < -0.3 is 14.8 Å². The molecule has 8 heteroatoms. The van der Waals surface area contributed by atoms with Crippen LogP contribution in [0, 0.1) is 18.8 Å². The molecule has 2 atom stereocenters. The summed E-state index contributed by atoms with van der Waals surface area (Å²) in [4.78, 5) is 20.2. The van der Waals surface area contributed by atoms with Crippen molar-refractivity contribution in [3.8, 4) is 22.8 Å². The predicted molar refractivity (Wildman–Crippen MR) is 117 cm³/mol. The summed E-state index contributed by atoms with van der Waals surface area (Å²) in [6.45, 7) is 4.79. The number of aromatic amines is 1. The number of nitrogens with zero attached hydrogens (tertiary/aromatic N) is 4. The minimum absolute atomic E-state index is 0.113.